The van der Waals surface area contributed by atoms with Crippen LogP contribution in [0.3, 0.4) is 0 Å². The minimum Gasteiger partial charge on any atom is -0.490 e. The lowest BCUT2D eigenvalue weighted by molar-refractivity contribution is -0.113. The Morgan fingerprint density at radius 1 is 1.40 bits per heavy atom. The fourth-order valence-electron chi connectivity index (χ4n) is 2.13. The molecule has 1 aromatic carbocycles. The van der Waals surface area contributed by atoms with Gasteiger partial charge in [-0.05, 0) is 10.4 Å². The average molecular weight is 382 g/mol. The number of benzene rings is 1. The number of nitrogens with one attached hydrogen (secondary N) is 1. The summed E-state index contributed by atoms with van der Waals surface area (Å²) in [4.78, 5) is 12.2. The molecule has 25 heavy (non-hydrogen) atoms. The minimum absolute atomic E-state index is 0.141. The highest BCUT2D eigenvalue weighted by Gasteiger charge is 2.16. The molecule has 8 nitrogen and oxygen atoms in total. The topological polar surface area (TPSA) is 91.2 Å². The van der Waals surface area contributed by atoms with E-state index in [4.69, 9.17) is 21.1 Å². The van der Waals surface area contributed by atoms with Gasteiger partial charge >= 0.3 is 0 Å². The van der Waals surface area contributed by atoms with Crippen molar-refractivity contribution in [3.05, 3.63) is 29.8 Å². The first kappa shape index (κ1) is 17.6. The molecule has 1 amide bonds. The largest absolute Gasteiger partial charge is 0.490 e. The molecule has 1 aromatic heterocycles. The number of thioether (sulfide) groups is 1. The summed E-state index contributed by atoms with van der Waals surface area (Å²) >= 11 is 7.45. The molecule has 0 fully saturated rings. The van der Waals surface area contributed by atoms with E-state index in [0.717, 1.165) is 6.42 Å². The maximum atomic E-state index is 12.2. The monoisotopic (exact) mass is 381 g/mol. The number of ether oxygens (including phenoxy) is 2. The van der Waals surface area contributed by atoms with E-state index < -0.39 is 0 Å². The molecular formula is C15H16ClN5O3S. The highest BCUT2D eigenvalue weighted by molar-refractivity contribution is 7.99. The van der Waals surface area contributed by atoms with Gasteiger partial charge in [0.25, 0.3) is 0 Å². The van der Waals surface area contributed by atoms with E-state index in [-0.39, 0.29) is 11.7 Å². The third kappa shape index (κ3) is 4.43. The van der Waals surface area contributed by atoms with E-state index in [0.29, 0.717) is 47.1 Å². The number of carbonyl (C=O) groups is 1. The number of nitrogens with zero attached hydrogens (tertiary/aromatic N) is 4. The molecule has 0 saturated heterocycles. The quantitative estimate of drug-likeness (QED) is 0.606. The van der Waals surface area contributed by atoms with Crippen LogP contribution in [0, 0.1) is 0 Å². The van der Waals surface area contributed by atoms with Crippen molar-refractivity contribution in [1.82, 2.24) is 20.2 Å². The van der Waals surface area contributed by atoms with Crippen LogP contribution in [0.25, 0.3) is 0 Å². The molecule has 0 radical (unpaired) electrons. The third-order valence-electron chi connectivity index (χ3n) is 3.24. The van der Waals surface area contributed by atoms with E-state index in [9.17, 15) is 4.79 Å². The van der Waals surface area contributed by atoms with Crippen LogP contribution in [-0.4, -0.2) is 45.1 Å². The Balaban J connectivity index is 1.63. The number of hydrogen-bond donors (Lipinski definition) is 1. The predicted octanol–water partition coefficient (Wildman–Crippen LogP) is 2.40. The van der Waals surface area contributed by atoms with Crippen LogP contribution >= 0.6 is 23.4 Å². The lowest BCUT2D eigenvalue weighted by atomic mass is 10.2. The predicted molar refractivity (Wildman–Crippen MR) is 94.4 cm³/mol. The summed E-state index contributed by atoms with van der Waals surface area (Å²) < 4.78 is 12.7. The highest BCUT2D eigenvalue weighted by atomic mass is 35.5. The Bertz CT molecular complexity index is 783. The molecule has 0 spiro atoms. The van der Waals surface area contributed by atoms with Gasteiger partial charge in [-0.3, -0.25) is 4.79 Å². The second kappa shape index (κ2) is 8.21. The first-order chi connectivity index (χ1) is 12.2. The number of halogens is 1. The number of rotatable bonds is 6. The maximum absolute atomic E-state index is 12.2. The van der Waals surface area contributed by atoms with Crippen molar-refractivity contribution < 1.29 is 14.3 Å². The van der Waals surface area contributed by atoms with Crippen LogP contribution < -0.4 is 14.8 Å². The highest BCUT2D eigenvalue weighted by Crippen LogP contribution is 2.37. The Morgan fingerprint density at radius 2 is 2.16 bits per heavy atom. The molecule has 1 aliphatic heterocycles. The zero-order valence-corrected chi connectivity index (χ0v) is 14.8. The summed E-state index contributed by atoms with van der Waals surface area (Å²) in [5.41, 5.74) is 0.474. The number of hydrogen-bond acceptors (Lipinski definition) is 7. The van der Waals surface area contributed by atoms with Gasteiger partial charge in [-0.2, -0.15) is 0 Å². The summed E-state index contributed by atoms with van der Waals surface area (Å²) in [6, 6.07) is 3.32. The maximum Gasteiger partial charge on any atom is 0.234 e. The number of allylic oxidation sites excluding steroid dienone is 1. The SMILES string of the molecule is C=CCn1nnnc1SCC(=O)Nc1cc2c(cc1Cl)OCCCO2. The molecule has 0 unspecified atom stereocenters. The number of anilines is 1. The van der Waals surface area contributed by atoms with Crippen LogP contribution in [0.15, 0.2) is 29.9 Å². The normalized spacial score (nSPS) is 13.2. The lowest BCUT2D eigenvalue weighted by Gasteiger charge is -2.12. The van der Waals surface area contributed by atoms with E-state index in [2.05, 4.69) is 27.4 Å². The molecule has 0 aliphatic carbocycles. The van der Waals surface area contributed by atoms with E-state index in [1.165, 1.54) is 11.8 Å². The van der Waals surface area contributed by atoms with E-state index in [1.807, 2.05) is 0 Å². The Labute approximate surface area is 153 Å². The van der Waals surface area contributed by atoms with Crippen molar-refractivity contribution in [3.63, 3.8) is 0 Å². The smallest absolute Gasteiger partial charge is 0.234 e. The van der Waals surface area contributed by atoms with E-state index in [1.54, 1.807) is 22.9 Å². The van der Waals surface area contributed by atoms with Gasteiger partial charge in [0.15, 0.2) is 11.5 Å². The van der Waals surface area contributed by atoms with Gasteiger partial charge in [0.2, 0.25) is 11.1 Å². The van der Waals surface area contributed by atoms with Gasteiger partial charge in [0.05, 0.1) is 36.2 Å². The molecule has 1 N–H and O–H groups in total. The van der Waals surface area contributed by atoms with Gasteiger partial charge in [-0.25, -0.2) is 4.68 Å². The zero-order valence-electron chi connectivity index (χ0n) is 13.3. The molecule has 132 valence electrons. The lowest BCUT2D eigenvalue weighted by Crippen LogP contribution is -2.15. The molecule has 0 saturated carbocycles. The van der Waals surface area contributed by atoms with Crippen molar-refractivity contribution in [2.45, 2.75) is 18.1 Å². The fraction of sp³-hybridized carbons (Fsp3) is 0.333. The van der Waals surface area contributed by atoms with E-state index >= 15 is 0 Å². The number of amides is 1. The van der Waals surface area contributed by atoms with Gasteiger partial charge in [0, 0.05) is 18.6 Å². The van der Waals surface area contributed by atoms with Crippen molar-refractivity contribution in [2.24, 2.45) is 0 Å². The van der Waals surface area contributed by atoms with Crippen LogP contribution in [0.2, 0.25) is 5.02 Å². The van der Waals surface area contributed by atoms with Crippen molar-refractivity contribution in [2.75, 3.05) is 24.3 Å². The van der Waals surface area contributed by atoms with Crippen LogP contribution in [-0.2, 0) is 11.3 Å². The zero-order chi connectivity index (χ0) is 17.6. The fourth-order valence-corrected chi connectivity index (χ4v) is 3.02. The van der Waals surface area contributed by atoms with Gasteiger partial charge in [0.1, 0.15) is 0 Å². The molecule has 2 aromatic rings. The number of aromatic nitrogens is 4. The average Bonchev–Trinajstić information content (AvgIpc) is 2.91. The van der Waals surface area contributed by atoms with Crippen molar-refractivity contribution in [1.29, 1.82) is 0 Å². The van der Waals surface area contributed by atoms with Crippen LogP contribution in [0.1, 0.15) is 6.42 Å². The van der Waals surface area contributed by atoms with Gasteiger partial charge in [-0.1, -0.05) is 29.4 Å². The summed E-state index contributed by atoms with van der Waals surface area (Å²) in [6.45, 7) is 5.25. The molecule has 0 atom stereocenters. The minimum atomic E-state index is -0.227. The second-order valence-corrected chi connectivity index (χ2v) is 6.45. The third-order valence-corrected chi connectivity index (χ3v) is 4.51. The first-order valence-electron chi connectivity index (χ1n) is 7.56. The molecule has 1 aliphatic rings. The van der Waals surface area contributed by atoms with Gasteiger partial charge < -0.3 is 14.8 Å². The summed E-state index contributed by atoms with van der Waals surface area (Å²) in [6.07, 6.45) is 2.47. The second-order valence-electron chi connectivity index (χ2n) is 5.10. The molecule has 3 rings (SSSR count). The molecular weight excluding hydrogens is 366 g/mol. The summed E-state index contributed by atoms with van der Waals surface area (Å²) in [5.74, 6) is 1.07. The summed E-state index contributed by atoms with van der Waals surface area (Å²) in [5, 5.41) is 15.0. The number of fused-ring (bicyclic) bond motifs is 1. The van der Waals surface area contributed by atoms with Crippen molar-refractivity contribution in [3.8, 4) is 11.5 Å². The number of carbonyl (C=O) groups excluding carboxylic acids is 1. The van der Waals surface area contributed by atoms with Gasteiger partial charge in [-0.15, -0.1) is 11.7 Å². The Morgan fingerprint density at radius 3 is 2.92 bits per heavy atom. The molecule has 2 heterocycles. The van der Waals surface area contributed by atoms with Crippen molar-refractivity contribution >= 4 is 35.0 Å². The van der Waals surface area contributed by atoms with Crippen LogP contribution in [0.4, 0.5) is 5.69 Å². The standard InChI is InChI=1S/C15H16ClN5O3S/c1-2-4-21-15(18-19-20-21)25-9-14(22)17-11-8-13-12(7-10(11)16)23-5-3-6-24-13/h2,7-8H,1,3-6,9H2,(H,17,22). The Kier molecular flexibility index (Phi) is 5.77. The summed E-state index contributed by atoms with van der Waals surface area (Å²) in [7, 11) is 0. The number of tetrazole rings is 1. The first-order valence-corrected chi connectivity index (χ1v) is 8.92. The molecule has 0 bridgehead atoms. The van der Waals surface area contributed by atoms with Crippen LogP contribution in [0.5, 0.6) is 11.5 Å². The molecule has 10 heteroatoms. The Hall–Kier alpha value is -2.26.